The van der Waals surface area contributed by atoms with Crippen LogP contribution in [-0.4, -0.2) is 73.0 Å². The number of carbonyl (C=O) groups excluding carboxylic acids is 1. The van der Waals surface area contributed by atoms with Crippen molar-refractivity contribution in [1.82, 2.24) is 18.8 Å². The molecule has 0 saturated carbocycles. The lowest BCUT2D eigenvalue weighted by atomic mass is 10.0. The molecule has 4 rings (SSSR count). The van der Waals surface area contributed by atoms with E-state index in [1.807, 2.05) is 63.1 Å². The van der Waals surface area contributed by atoms with Crippen molar-refractivity contribution >= 4 is 15.9 Å². The maximum atomic E-state index is 13.9. The molecular formula is C30H40N4O5S. The maximum Gasteiger partial charge on any atom is 0.249 e. The molecule has 40 heavy (non-hydrogen) atoms. The van der Waals surface area contributed by atoms with E-state index >= 15 is 0 Å². The van der Waals surface area contributed by atoms with E-state index in [9.17, 15) is 13.2 Å². The van der Waals surface area contributed by atoms with Gasteiger partial charge >= 0.3 is 0 Å². The normalized spacial score (nSPS) is 15.5. The van der Waals surface area contributed by atoms with Gasteiger partial charge < -0.3 is 18.9 Å². The number of hydrogen-bond donors (Lipinski definition) is 0. The molecule has 0 spiro atoms. The van der Waals surface area contributed by atoms with Crippen LogP contribution >= 0.6 is 0 Å². The second-order valence-corrected chi connectivity index (χ2v) is 12.6. The Labute approximate surface area is 237 Å². The zero-order chi connectivity index (χ0) is 29.0. The molecule has 0 aliphatic carbocycles. The number of aryl methyl sites for hydroxylation is 1. The first-order valence-electron chi connectivity index (χ1n) is 13.6. The summed E-state index contributed by atoms with van der Waals surface area (Å²) in [7, 11) is -2.22. The summed E-state index contributed by atoms with van der Waals surface area (Å²) in [6.45, 7) is 11.1. The first-order chi connectivity index (χ1) is 19.1. The Morgan fingerprint density at radius 2 is 1.93 bits per heavy atom. The fourth-order valence-electron chi connectivity index (χ4n) is 5.43. The highest BCUT2D eigenvalue weighted by Gasteiger charge is 2.33. The van der Waals surface area contributed by atoms with E-state index in [0.29, 0.717) is 41.4 Å². The Balaban J connectivity index is 1.47. The number of sulfonamides is 1. The molecule has 216 valence electrons. The van der Waals surface area contributed by atoms with Gasteiger partial charge in [-0.15, -0.1) is 0 Å². The Bertz CT molecular complexity index is 1440. The number of methoxy groups -OCH3 is 1. The monoisotopic (exact) mass is 568 g/mol. The van der Waals surface area contributed by atoms with Gasteiger partial charge in [0.2, 0.25) is 15.9 Å². The highest BCUT2D eigenvalue weighted by atomic mass is 32.2. The second-order valence-electron chi connectivity index (χ2n) is 10.7. The van der Waals surface area contributed by atoms with Gasteiger partial charge in [0, 0.05) is 50.5 Å². The molecule has 0 radical (unpaired) electrons. The lowest BCUT2D eigenvalue weighted by Crippen LogP contribution is -2.44. The number of rotatable bonds is 11. The minimum Gasteiger partial charge on any atom is -0.496 e. The molecule has 1 aromatic carbocycles. The number of carbonyl (C=O) groups is 1. The van der Waals surface area contributed by atoms with Gasteiger partial charge in [0.25, 0.3) is 0 Å². The van der Waals surface area contributed by atoms with Crippen LogP contribution in [0.25, 0.3) is 0 Å². The van der Waals surface area contributed by atoms with Gasteiger partial charge in [0.1, 0.15) is 12.4 Å². The average Bonchev–Trinajstić information content (AvgIpc) is 3.41. The maximum absolute atomic E-state index is 13.9. The van der Waals surface area contributed by atoms with Crippen LogP contribution in [0.3, 0.4) is 0 Å². The number of amides is 1. The van der Waals surface area contributed by atoms with E-state index in [2.05, 4.69) is 9.55 Å². The van der Waals surface area contributed by atoms with Gasteiger partial charge in [-0.25, -0.2) is 8.42 Å². The quantitative estimate of drug-likeness (QED) is 0.323. The molecule has 0 saturated heterocycles. The van der Waals surface area contributed by atoms with Crippen LogP contribution in [0.15, 0.2) is 53.8 Å². The van der Waals surface area contributed by atoms with Gasteiger partial charge in [-0.3, -0.25) is 9.78 Å². The minimum absolute atomic E-state index is 0.104. The van der Waals surface area contributed by atoms with Crippen molar-refractivity contribution in [3.8, 4) is 5.75 Å². The third kappa shape index (κ3) is 6.09. The van der Waals surface area contributed by atoms with E-state index in [0.717, 1.165) is 16.8 Å². The van der Waals surface area contributed by atoms with Crippen molar-refractivity contribution in [2.75, 3.05) is 40.0 Å². The molecule has 1 aliphatic heterocycles. The lowest BCUT2D eigenvalue weighted by Gasteiger charge is -2.37. The van der Waals surface area contributed by atoms with E-state index < -0.39 is 10.0 Å². The molecule has 1 amide bonds. The molecule has 0 fully saturated rings. The summed E-state index contributed by atoms with van der Waals surface area (Å²) in [4.78, 5) is 19.8. The summed E-state index contributed by atoms with van der Waals surface area (Å²) in [6.07, 6.45) is 5.52. The summed E-state index contributed by atoms with van der Waals surface area (Å²) < 4.78 is 42.6. The largest absolute Gasteiger partial charge is 0.496 e. The lowest BCUT2D eigenvalue weighted by molar-refractivity contribution is -0.139. The number of ether oxygens (including phenoxy) is 2. The zero-order valence-corrected chi connectivity index (χ0v) is 25.1. The Morgan fingerprint density at radius 3 is 2.60 bits per heavy atom. The molecule has 1 aliphatic rings. The van der Waals surface area contributed by atoms with E-state index in [1.165, 1.54) is 4.31 Å². The highest BCUT2D eigenvalue weighted by Crippen LogP contribution is 2.33. The van der Waals surface area contributed by atoms with Crippen LogP contribution in [0.4, 0.5) is 0 Å². The molecule has 1 atom stereocenters. The van der Waals surface area contributed by atoms with Crippen LogP contribution in [0, 0.1) is 26.7 Å². The number of nitrogens with zero attached hydrogens (tertiary/aromatic N) is 4. The molecule has 2 aromatic heterocycles. The average molecular weight is 569 g/mol. The molecule has 0 N–H and O–H groups in total. The standard InChI is InChI=1S/C30H40N4O5S/c1-21(2)19-33(40(36,37)30-22(3)17-27(38-6)23(4)24(30)5)15-16-39-20-28(35)34-14-13-32-12-8-10-26(32)29(34)25-9-7-11-31-18-25/h7-12,17-18,21,29H,13-16,19-20H2,1-6H3. The van der Waals surface area contributed by atoms with E-state index in [4.69, 9.17) is 9.47 Å². The first kappa shape index (κ1) is 29.8. The smallest absolute Gasteiger partial charge is 0.249 e. The minimum atomic E-state index is -3.81. The molecule has 1 unspecified atom stereocenters. The molecule has 0 bridgehead atoms. The Hall–Kier alpha value is -3.21. The van der Waals surface area contributed by atoms with Crippen LogP contribution in [0.2, 0.25) is 0 Å². The van der Waals surface area contributed by atoms with Gasteiger partial charge in [0.15, 0.2) is 0 Å². The summed E-state index contributed by atoms with van der Waals surface area (Å²) in [5.41, 5.74) is 4.08. The topological polar surface area (TPSA) is 94.0 Å². The fourth-order valence-corrected chi connectivity index (χ4v) is 7.50. The van der Waals surface area contributed by atoms with Crippen molar-refractivity contribution in [1.29, 1.82) is 0 Å². The van der Waals surface area contributed by atoms with Gasteiger partial charge in [-0.2, -0.15) is 4.31 Å². The number of pyridine rings is 1. The van der Waals surface area contributed by atoms with Crippen LogP contribution in [0.1, 0.15) is 47.8 Å². The first-order valence-corrected chi connectivity index (χ1v) is 15.1. The summed E-state index contributed by atoms with van der Waals surface area (Å²) in [6, 6.07) is 9.37. The molecule has 3 aromatic rings. The number of aromatic nitrogens is 2. The fraction of sp³-hybridized carbons (Fsp3) is 0.467. The van der Waals surface area contributed by atoms with Gasteiger partial charge in [-0.1, -0.05) is 19.9 Å². The predicted octanol–water partition coefficient (Wildman–Crippen LogP) is 4.11. The molecule has 3 heterocycles. The number of benzene rings is 1. The van der Waals surface area contributed by atoms with Crippen molar-refractivity contribution in [3.63, 3.8) is 0 Å². The third-order valence-corrected chi connectivity index (χ3v) is 9.59. The van der Waals surface area contributed by atoms with Crippen LogP contribution in [0.5, 0.6) is 5.75 Å². The highest BCUT2D eigenvalue weighted by molar-refractivity contribution is 7.89. The van der Waals surface area contributed by atoms with Gasteiger partial charge in [0.05, 0.1) is 24.7 Å². The van der Waals surface area contributed by atoms with Crippen LogP contribution < -0.4 is 4.74 Å². The SMILES string of the molecule is COc1cc(C)c(S(=O)(=O)N(CCOCC(=O)N2CCn3cccc3C2c2cccnc2)CC(C)C)c(C)c1C. The third-order valence-electron chi connectivity index (χ3n) is 7.43. The van der Waals surface area contributed by atoms with Crippen molar-refractivity contribution in [3.05, 3.63) is 76.9 Å². The number of fused-ring (bicyclic) bond motifs is 1. The molecule has 10 heteroatoms. The Morgan fingerprint density at radius 1 is 1.15 bits per heavy atom. The number of hydrogen-bond acceptors (Lipinski definition) is 6. The molecule has 9 nitrogen and oxygen atoms in total. The van der Waals surface area contributed by atoms with E-state index in [1.54, 1.807) is 32.5 Å². The zero-order valence-electron chi connectivity index (χ0n) is 24.3. The summed E-state index contributed by atoms with van der Waals surface area (Å²) >= 11 is 0. The second kappa shape index (κ2) is 12.5. The van der Waals surface area contributed by atoms with Crippen LogP contribution in [-0.2, 0) is 26.1 Å². The van der Waals surface area contributed by atoms with Gasteiger partial charge in [-0.05, 0) is 73.2 Å². The summed E-state index contributed by atoms with van der Waals surface area (Å²) in [5, 5.41) is 0. The Kier molecular flexibility index (Phi) is 9.33. The summed E-state index contributed by atoms with van der Waals surface area (Å²) in [5.74, 6) is 0.638. The van der Waals surface area contributed by atoms with Crippen molar-refractivity contribution < 1.29 is 22.7 Å². The molecular weight excluding hydrogens is 528 g/mol. The predicted molar refractivity (Wildman–Crippen MR) is 154 cm³/mol. The van der Waals surface area contributed by atoms with E-state index in [-0.39, 0.29) is 37.6 Å². The van der Waals surface area contributed by atoms with Crippen molar-refractivity contribution in [2.45, 2.75) is 52.1 Å². The van der Waals surface area contributed by atoms with Crippen molar-refractivity contribution in [2.24, 2.45) is 5.92 Å².